The van der Waals surface area contributed by atoms with Crippen molar-refractivity contribution in [3.63, 3.8) is 0 Å². The molecule has 1 fully saturated rings. The third-order valence-electron chi connectivity index (χ3n) is 1.99. The van der Waals surface area contributed by atoms with Crippen molar-refractivity contribution in [3.05, 3.63) is 0 Å². The molecule has 0 aromatic carbocycles. The number of hydrogen-bond acceptors (Lipinski definition) is 1. The summed E-state index contributed by atoms with van der Waals surface area (Å²) < 4.78 is 0. The van der Waals surface area contributed by atoms with Gasteiger partial charge in [-0.2, -0.15) is 0 Å². The van der Waals surface area contributed by atoms with Crippen LogP contribution in [0.1, 0.15) is 27.2 Å². The van der Waals surface area contributed by atoms with Crippen molar-refractivity contribution in [2.24, 2.45) is 0 Å². The van der Waals surface area contributed by atoms with Crippen molar-refractivity contribution in [2.45, 2.75) is 39.3 Å². The molecule has 1 N–H and O–H groups in total. The molecule has 0 aromatic rings. The van der Waals surface area contributed by atoms with Crippen molar-refractivity contribution in [3.8, 4) is 0 Å². The van der Waals surface area contributed by atoms with Crippen LogP contribution in [-0.4, -0.2) is 28.6 Å². The van der Waals surface area contributed by atoms with Crippen LogP contribution >= 0.6 is 12.2 Å². The van der Waals surface area contributed by atoms with E-state index in [1.165, 1.54) is 6.42 Å². The standard InChI is InChI=1S/C8H16N2S/c1-6(2)9-8(11)10-5-4-7(10)3/h6-7H,4-5H2,1-3H3,(H,9,11). The average molecular weight is 172 g/mol. The van der Waals surface area contributed by atoms with Crippen LogP contribution in [0.5, 0.6) is 0 Å². The fourth-order valence-corrected chi connectivity index (χ4v) is 1.65. The fraction of sp³-hybridized carbons (Fsp3) is 0.875. The van der Waals surface area contributed by atoms with E-state index in [-0.39, 0.29) is 0 Å². The van der Waals surface area contributed by atoms with Gasteiger partial charge in [-0.05, 0) is 39.4 Å². The van der Waals surface area contributed by atoms with Gasteiger partial charge in [0.25, 0.3) is 0 Å². The minimum absolute atomic E-state index is 0.454. The highest BCUT2D eigenvalue weighted by Crippen LogP contribution is 2.15. The summed E-state index contributed by atoms with van der Waals surface area (Å²) in [5, 5.41) is 4.15. The minimum Gasteiger partial charge on any atom is -0.360 e. The molecule has 1 aliphatic heterocycles. The molecule has 1 atom stereocenters. The second kappa shape index (κ2) is 3.39. The summed E-state index contributed by atoms with van der Waals surface area (Å²) in [6, 6.07) is 1.10. The Bertz CT molecular complexity index is 156. The van der Waals surface area contributed by atoms with Gasteiger partial charge in [0.2, 0.25) is 0 Å². The predicted octanol–water partition coefficient (Wildman–Crippen LogP) is 1.36. The van der Waals surface area contributed by atoms with E-state index in [9.17, 15) is 0 Å². The second-order valence-corrected chi connectivity index (χ2v) is 3.82. The first-order valence-electron chi connectivity index (χ1n) is 4.18. The van der Waals surface area contributed by atoms with Crippen molar-refractivity contribution in [1.82, 2.24) is 10.2 Å². The van der Waals surface area contributed by atoms with Crippen LogP contribution in [0.4, 0.5) is 0 Å². The number of hydrogen-bond donors (Lipinski definition) is 1. The van der Waals surface area contributed by atoms with Gasteiger partial charge in [0, 0.05) is 18.6 Å². The molecule has 1 heterocycles. The molecule has 0 aromatic heterocycles. The Labute approximate surface area is 74.0 Å². The van der Waals surface area contributed by atoms with E-state index in [4.69, 9.17) is 12.2 Å². The molecule has 1 saturated heterocycles. The van der Waals surface area contributed by atoms with E-state index >= 15 is 0 Å². The number of nitrogens with zero attached hydrogens (tertiary/aromatic N) is 1. The Kier molecular flexibility index (Phi) is 2.71. The van der Waals surface area contributed by atoms with Gasteiger partial charge < -0.3 is 10.2 Å². The van der Waals surface area contributed by atoms with E-state index in [0.717, 1.165) is 11.7 Å². The highest BCUT2D eigenvalue weighted by atomic mass is 32.1. The first-order valence-corrected chi connectivity index (χ1v) is 4.59. The highest BCUT2D eigenvalue weighted by molar-refractivity contribution is 7.80. The van der Waals surface area contributed by atoms with Crippen LogP contribution in [0, 0.1) is 0 Å². The third-order valence-corrected chi connectivity index (χ3v) is 2.35. The van der Waals surface area contributed by atoms with E-state index in [1.807, 2.05) is 0 Å². The maximum absolute atomic E-state index is 5.20. The molecule has 2 nitrogen and oxygen atoms in total. The van der Waals surface area contributed by atoms with E-state index < -0.39 is 0 Å². The summed E-state index contributed by atoms with van der Waals surface area (Å²) in [7, 11) is 0. The topological polar surface area (TPSA) is 15.3 Å². The molecule has 0 amide bonds. The summed E-state index contributed by atoms with van der Waals surface area (Å²) >= 11 is 5.20. The largest absolute Gasteiger partial charge is 0.360 e. The first kappa shape index (κ1) is 8.78. The smallest absolute Gasteiger partial charge is 0.169 e. The summed E-state index contributed by atoms with van der Waals surface area (Å²) in [5.41, 5.74) is 0. The Hall–Kier alpha value is -0.310. The maximum Gasteiger partial charge on any atom is 0.169 e. The molecule has 0 bridgehead atoms. The van der Waals surface area contributed by atoms with Crippen molar-refractivity contribution < 1.29 is 0 Å². The Morgan fingerprint density at radius 3 is 2.55 bits per heavy atom. The Balaban J connectivity index is 2.30. The molecule has 1 rings (SSSR count). The number of thiocarbonyl (C=S) groups is 1. The van der Waals surface area contributed by atoms with E-state index in [1.54, 1.807) is 0 Å². The molecule has 0 radical (unpaired) electrons. The van der Waals surface area contributed by atoms with Gasteiger partial charge in [0.1, 0.15) is 0 Å². The van der Waals surface area contributed by atoms with Crippen molar-refractivity contribution in [1.29, 1.82) is 0 Å². The van der Waals surface area contributed by atoms with Gasteiger partial charge >= 0.3 is 0 Å². The lowest BCUT2D eigenvalue weighted by Crippen LogP contribution is -2.54. The van der Waals surface area contributed by atoms with Gasteiger partial charge in [-0.1, -0.05) is 0 Å². The van der Waals surface area contributed by atoms with Gasteiger partial charge in [-0.15, -0.1) is 0 Å². The molecule has 3 heteroatoms. The molecular formula is C8H16N2S. The molecule has 0 aliphatic carbocycles. The summed E-state index contributed by atoms with van der Waals surface area (Å²) in [6.45, 7) is 7.55. The van der Waals surface area contributed by atoms with Gasteiger partial charge in [-0.25, -0.2) is 0 Å². The molecule has 1 aliphatic rings. The predicted molar refractivity (Wildman–Crippen MR) is 51.7 cm³/mol. The van der Waals surface area contributed by atoms with Crippen LogP contribution in [0.15, 0.2) is 0 Å². The second-order valence-electron chi connectivity index (χ2n) is 3.44. The molecule has 64 valence electrons. The minimum atomic E-state index is 0.454. The normalized spacial score (nSPS) is 23.3. The average Bonchev–Trinajstić information content (AvgIpc) is 1.82. The van der Waals surface area contributed by atoms with Crippen molar-refractivity contribution >= 4 is 17.3 Å². The zero-order chi connectivity index (χ0) is 8.43. The molecular weight excluding hydrogens is 156 g/mol. The molecule has 0 saturated carbocycles. The number of likely N-dealkylation sites (tertiary alicyclic amines) is 1. The first-order chi connectivity index (χ1) is 5.11. The monoisotopic (exact) mass is 172 g/mol. The highest BCUT2D eigenvalue weighted by Gasteiger charge is 2.25. The van der Waals surface area contributed by atoms with Crippen molar-refractivity contribution in [2.75, 3.05) is 6.54 Å². The van der Waals surface area contributed by atoms with Crippen LogP contribution in [0.2, 0.25) is 0 Å². The summed E-state index contributed by atoms with van der Waals surface area (Å²) in [6.07, 6.45) is 1.28. The SMILES string of the molecule is CC(C)NC(=S)N1CCC1C. The summed E-state index contributed by atoms with van der Waals surface area (Å²) in [4.78, 5) is 2.23. The summed E-state index contributed by atoms with van der Waals surface area (Å²) in [5.74, 6) is 0. The molecule has 0 spiro atoms. The quantitative estimate of drug-likeness (QED) is 0.601. The lowest BCUT2D eigenvalue weighted by molar-refractivity contribution is 0.199. The van der Waals surface area contributed by atoms with Gasteiger partial charge in [0.15, 0.2) is 5.11 Å². The van der Waals surface area contributed by atoms with Crippen LogP contribution in [0.25, 0.3) is 0 Å². The fourth-order valence-electron chi connectivity index (χ4n) is 1.15. The zero-order valence-corrected chi connectivity index (χ0v) is 8.24. The van der Waals surface area contributed by atoms with E-state index in [2.05, 4.69) is 31.0 Å². The van der Waals surface area contributed by atoms with Crippen LogP contribution in [0.3, 0.4) is 0 Å². The van der Waals surface area contributed by atoms with Gasteiger partial charge in [0.05, 0.1) is 0 Å². The van der Waals surface area contributed by atoms with Gasteiger partial charge in [-0.3, -0.25) is 0 Å². The lowest BCUT2D eigenvalue weighted by atomic mass is 10.1. The van der Waals surface area contributed by atoms with E-state index in [0.29, 0.717) is 12.1 Å². The zero-order valence-electron chi connectivity index (χ0n) is 7.42. The van der Waals surface area contributed by atoms with Crippen LogP contribution in [-0.2, 0) is 0 Å². The van der Waals surface area contributed by atoms with Crippen LogP contribution < -0.4 is 5.32 Å². The molecule has 1 unspecified atom stereocenters. The number of nitrogens with one attached hydrogen (secondary N) is 1. The Morgan fingerprint density at radius 1 is 1.64 bits per heavy atom. The lowest BCUT2D eigenvalue weighted by Gasteiger charge is -2.41. The number of rotatable bonds is 1. The molecule has 11 heavy (non-hydrogen) atoms. The third kappa shape index (κ3) is 2.06. The Morgan fingerprint density at radius 2 is 2.27 bits per heavy atom. The maximum atomic E-state index is 5.20.